The van der Waals surface area contributed by atoms with Crippen LogP contribution in [0.5, 0.6) is 0 Å². The van der Waals surface area contributed by atoms with Gasteiger partial charge in [-0.15, -0.1) is 0 Å². The molecule has 0 radical (unpaired) electrons. The highest BCUT2D eigenvalue weighted by Gasteiger charge is 2.44. The van der Waals surface area contributed by atoms with E-state index in [4.69, 9.17) is 32.5 Å². The zero-order valence-corrected chi connectivity index (χ0v) is 19.1. The molecular formula is C21H39N5O7. The summed E-state index contributed by atoms with van der Waals surface area (Å²) in [6.07, 6.45) is 4.58. The summed E-state index contributed by atoms with van der Waals surface area (Å²) in [6.45, 7) is 4.45. The van der Waals surface area contributed by atoms with E-state index in [1.54, 1.807) is 0 Å². The predicted molar refractivity (Wildman–Crippen MR) is 122 cm³/mol. The fourth-order valence-electron chi connectivity index (χ4n) is 3.78. The molecule has 3 atom stereocenters. The molecule has 0 aromatic rings. The highest BCUT2D eigenvalue weighted by molar-refractivity contribution is 5.91. The molecular weight excluding hydrogens is 434 g/mol. The van der Waals surface area contributed by atoms with Crippen molar-refractivity contribution in [1.29, 1.82) is 0 Å². The van der Waals surface area contributed by atoms with Crippen LogP contribution in [0.15, 0.2) is 12.2 Å². The number of hydrogen-bond acceptors (Lipinski definition) is 8. The van der Waals surface area contributed by atoms with Gasteiger partial charge in [0.1, 0.15) is 0 Å². The first-order valence-electron chi connectivity index (χ1n) is 11.0. The molecule has 12 heteroatoms. The second-order valence-corrected chi connectivity index (χ2v) is 8.05. The first-order valence-corrected chi connectivity index (χ1v) is 11.0. The van der Waals surface area contributed by atoms with Gasteiger partial charge in [0, 0.05) is 50.1 Å². The molecule has 11 N–H and O–H groups in total. The van der Waals surface area contributed by atoms with Crippen LogP contribution in [0.4, 0.5) is 0 Å². The van der Waals surface area contributed by atoms with Gasteiger partial charge in [-0.2, -0.15) is 0 Å². The second-order valence-electron chi connectivity index (χ2n) is 8.05. The number of aliphatic carboxylic acids is 3. The number of carboxylic acid groups (broad SMARTS) is 3. The number of carbonyl (C=O) groups is 4. The molecule has 3 unspecified atom stereocenters. The van der Waals surface area contributed by atoms with E-state index in [1.165, 1.54) is 0 Å². The molecule has 0 spiro atoms. The molecule has 1 heterocycles. The third-order valence-corrected chi connectivity index (χ3v) is 5.49. The van der Waals surface area contributed by atoms with Gasteiger partial charge in [-0.05, 0) is 25.7 Å². The summed E-state index contributed by atoms with van der Waals surface area (Å²) in [5, 5.41) is 31.3. The molecule has 1 rings (SSSR count). The van der Waals surface area contributed by atoms with Crippen molar-refractivity contribution in [3.05, 3.63) is 12.2 Å². The molecule has 12 nitrogen and oxygen atoms in total. The second kappa shape index (κ2) is 16.1. The minimum absolute atomic E-state index is 0.00137. The third kappa shape index (κ3) is 11.8. The van der Waals surface area contributed by atoms with Crippen molar-refractivity contribution < 1.29 is 34.5 Å². The fraction of sp³-hybridized carbons (Fsp3) is 0.714. The highest BCUT2D eigenvalue weighted by atomic mass is 16.4. The summed E-state index contributed by atoms with van der Waals surface area (Å²) in [4.78, 5) is 42.5. The molecule has 0 aromatic heterocycles. The maximum absolute atomic E-state index is 12.2. The number of carbonyl (C=O) groups excluding carboxylic acids is 1. The number of nitrogens with one attached hydrogen (secondary N) is 2. The van der Waals surface area contributed by atoms with Gasteiger partial charge in [0.2, 0.25) is 5.91 Å². The zero-order valence-electron chi connectivity index (χ0n) is 19.1. The van der Waals surface area contributed by atoms with E-state index < -0.39 is 29.9 Å². The summed E-state index contributed by atoms with van der Waals surface area (Å²) >= 11 is 0. The average Bonchev–Trinajstić information content (AvgIpc) is 2.93. The standard InChI is InChI=1S/C16H33N5O3.C5H6O4/c17-9-10-20-13(11-18)16(8-4-3-6-14(22)21-16)12(19)5-1-2-7-15(23)24;1-3(5(8)9)2-4(6)7/h12-13,20H,1-11,17-19H2,(H,21,22)(H,23,24);1-2H2,(H,6,7)(H,8,9). The van der Waals surface area contributed by atoms with Gasteiger partial charge in [0.05, 0.1) is 12.0 Å². The topological polar surface area (TPSA) is 231 Å². The molecule has 190 valence electrons. The largest absolute Gasteiger partial charge is 0.481 e. The Morgan fingerprint density at radius 2 is 1.79 bits per heavy atom. The molecule has 1 saturated heterocycles. The fourth-order valence-corrected chi connectivity index (χ4v) is 3.78. The maximum Gasteiger partial charge on any atom is 0.331 e. The lowest BCUT2D eigenvalue weighted by Crippen LogP contribution is -2.71. The molecule has 0 aliphatic carbocycles. The summed E-state index contributed by atoms with van der Waals surface area (Å²) in [7, 11) is 0. The number of unbranched alkanes of at least 4 members (excludes halogenated alkanes) is 1. The molecule has 1 aliphatic heterocycles. The van der Waals surface area contributed by atoms with Gasteiger partial charge in [-0.3, -0.25) is 14.4 Å². The molecule has 0 saturated carbocycles. The number of amides is 1. The third-order valence-electron chi connectivity index (χ3n) is 5.49. The highest BCUT2D eigenvalue weighted by Crippen LogP contribution is 2.28. The van der Waals surface area contributed by atoms with Crippen molar-refractivity contribution in [1.82, 2.24) is 10.6 Å². The molecule has 0 aromatic carbocycles. The van der Waals surface area contributed by atoms with Crippen molar-refractivity contribution >= 4 is 23.8 Å². The molecule has 1 aliphatic rings. The SMILES string of the molecule is C=C(CC(=O)O)C(=O)O.NCCNC(CN)C1(C(N)CCCCC(=O)O)CCCCC(=O)N1. The van der Waals surface area contributed by atoms with Crippen molar-refractivity contribution in [2.45, 2.75) is 75.4 Å². The van der Waals surface area contributed by atoms with Gasteiger partial charge in [-0.25, -0.2) is 4.79 Å². The van der Waals surface area contributed by atoms with E-state index >= 15 is 0 Å². The Bertz CT molecular complexity index is 673. The van der Waals surface area contributed by atoms with Gasteiger partial charge < -0.3 is 43.2 Å². The van der Waals surface area contributed by atoms with Crippen LogP contribution < -0.4 is 27.8 Å². The van der Waals surface area contributed by atoms with E-state index in [-0.39, 0.29) is 30.0 Å². The lowest BCUT2D eigenvalue weighted by atomic mass is 9.77. The lowest BCUT2D eigenvalue weighted by molar-refractivity contribution is -0.139. The smallest absolute Gasteiger partial charge is 0.331 e. The van der Waals surface area contributed by atoms with Crippen LogP contribution in [0, 0.1) is 0 Å². The number of carboxylic acids is 3. The van der Waals surface area contributed by atoms with Crippen LogP contribution in [0.3, 0.4) is 0 Å². The number of hydrogen-bond donors (Lipinski definition) is 8. The summed E-state index contributed by atoms with van der Waals surface area (Å²) in [5.74, 6) is -3.24. The Morgan fingerprint density at radius 3 is 2.27 bits per heavy atom. The van der Waals surface area contributed by atoms with Crippen LogP contribution in [0.1, 0.15) is 57.8 Å². The number of rotatable bonds is 14. The van der Waals surface area contributed by atoms with Crippen LogP contribution in [-0.4, -0.2) is 76.4 Å². The molecule has 0 bridgehead atoms. The molecule has 1 fully saturated rings. The minimum atomic E-state index is -1.27. The Morgan fingerprint density at radius 1 is 1.12 bits per heavy atom. The minimum Gasteiger partial charge on any atom is -0.481 e. The Hall–Kier alpha value is -2.54. The molecule has 33 heavy (non-hydrogen) atoms. The zero-order chi connectivity index (χ0) is 25.4. The van der Waals surface area contributed by atoms with E-state index in [0.29, 0.717) is 45.3 Å². The van der Waals surface area contributed by atoms with Crippen LogP contribution >= 0.6 is 0 Å². The van der Waals surface area contributed by atoms with E-state index in [2.05, 4.69) is 17.2 Å². The quantitative estimate of drug-likeness (QED) is 0.117. The first-order chi connectivity index (χ1) is 15.5. The van der Waals surface area contributed by atoms with E-state index in [9.17, 15) is 19.2 Å². The van der Waals surface area contributed by atoms with Crippen LogP contribution in [-0.2, 0) is 19.2 Å². The van der Waals surface area contributed by atoms with Gasteiger partial charge in [0.25, 0.3) is 0 Å². The van der Waals surface area contributed by atoms with Gasteiger partial charge >= 0.3 is 17.9 Å². The predicted octanol–water partition coefficient (Wildman–Crippen LogP) is -0.635. The van der Waals surface area contributed by atoms with E-state index in [0.717, 1.165) is 19.3 Å². The summed E-state index contributed by atoms with van der Waals surface area (Å²) < 4.78 is 0. The normalized spacial score (nSPS) is 19.8. The average molecular weight is 474 g/mol. The van der Waals surface area contributed by atoms with Crippen molar-refractivity contribution in [3.8, 4) is 0 Å². The Kier molecular flexibility index (Phi) is 14.9. The van der Waals surface area contributed by atoms with Crippen molar-refractivity contribution in [2.75, 3.05) is 19.6 Å². The van der Waals surface area contributed by atoms with Gasteiger partial charge in [-0.1, -0.05) is 19.4 Å². The monoisotopic (exact) mass is 473 g/mol. The lowest BCUT2D eigenvalue weighted by Gasteiger charge is -2.45. The van der Waals surface area contributed by atoms with E-state index in [1.807, 2.05) is 0 Å². The van der Waals surface area contributed by atoms with Crippen LogP contribution in [0.25, 0.3) is 0 Å². The Balaban J connectivity index is 0.000000960. The molecule has 1 amide bonds. The van der Waals surface area contributed by atoms with Crippen molar-refractivity contribution in [3.63, 3.8) is 0 Å². The van der Waals surface area contributed by atoms with Crippen molar-refractivity contribution in [2.24, 2.45) is 17.2 Å². The maximum atomic E-state index is 12.2. The summed E-state index contributed by atoms with van der Waals surface area (Å²) in [6, 6.07) is -0.440. The summed E-state index contributed by atoms with van der Waals surface area (Å²) in [5.41, 5.74) is 17.1. The Labute approximate surface area is 193 Å². The van der Waals surface area contributed by atoms with Gasteiger partial charge in [0.15, 0.2) is 0 Å². The number of nitrogens with two attached hydrogens (primary N) is 3. The first kappa shape index (κ1) is 30.5. The van der Waals surface area contributed by atoms with Crippen LogP contribution in [0.2, 0.25) is 0 Å².